The van der Waals surface area contributed by atoms with Gasteiger partial charge in [-0.1, -0.05) is 13.8 Å². The second kappa shape index (κ2) is 8.48. The lowest BCUT2D eigenvalue weighted by Gasteiger charge is -2.37. The first-order valence-electron chi connectivity index (χ1n) is 7.22. The minimum Gasteiger partial charge on any atom is -0.469 e. The van der Waals surface area contributed by atoms with E-state index in [2.05, 4.69) is 24.1 Å². The lowest BCUT2D eigenvalue weighted by Crippen LogP contribution is -2.49. The molecule has 0 spiro atoms. The van der Waals surface area contributed by atoms with Crippen molar-refractivity contribution in [2.45, 2.75) is 45.6 Å². The molecular formula is C14H28N2O2. The Kier molecular flexibility index (Phi) is 7.28. The summed E-state index contributed by atoms with van der Waals surface area (Å²) >= 11 is 0. The highest BCUT2D eigenvalue weighted by Gasteiger charge is 2.28. The molecule has 1 aliphatic heterocycles. The summed E-state index contributed by atoms with van der Waals surface area (Å²) in [5.41, 5.74) is 0. The maximum absolute atomic E-state index is 11.4. The van der Waals surface area contributed by atoms with Crippen LogP contribution in [-0.4, -0.2) is 50.2 Å². The van der Waals surface area contributed by atoms with Gasteiger partial charge < -0.3 is 15.0 Å². The van der Waals surface area contributed by atoms with Gasteiger partial charge in [-0.25, -0.2) is 0 Å². The first-order chi connectivity index (χ1) is 8.69. The molecule has 1 heterocycles. The summed E-state index contributed by atoms with van der Waals surface area (Å²) in [5.74, 6) is 0.361. The highest BCUT2D eigenvalue weighted by molar-refractivity contribution is 5.69. The number of carbonyl (C=O) groups is 1. The third-order valence-electron chi connectivity index (χ3n) is 3.52. The third kappa shape index (κ3) is 5.36. The number of carbonyl (C=O) groups excluding carboxylic acids is 1. The lowest BCUT2D eigenvalue weighted by molar-refractivity contribution is -0.142. The minimum atomic E-state index is -0.0763. The largest absolute Gasteiger partial charge is 0.469 e. The Balaban J connectivity index is 2.47. The van der Waals surface area contributed by atoms with Gasteiger partial charge in [0.05, 0.1) is 7.11 Å². The van der Waals surface area contributed by atoms with Crippen LogP contribution in [0.15, 0.2) is 0 Å². The van der Waals surface area contributed by atoms with Gasteiger partial charge in [-0.2, -0.15) is 0 Å². The fourth-order valence-corrected chi connectivity index (χ4v) is 2.76. The first kappa shape index (κ1) is 15.4. The monoisotopic (exact) mass is 256 g/mol. The molecule has 1 saturated heterocycles. The Bertz CT molecular complexity index is 246. The van der Waals surface area contributed by atoms with Crippen LogP contribution in [0.2, 0.25) is 0 Å². The van der Waals surface area contributed by atoms with E-state index in [0.717, 1.165) is 39.0 Å². The standard InChI is InChI=1S/C14H28N2O2/c1-4-6-15-13-8-12(9-14(17)18-3)10-16(11-13)7-5-2/h12-13,15H,4-11H2,1-3H3. The fraction of sp³-hybridized carbons (Fsp3) is 0.929. The van der Waals surface area contributed by atoms with Gasteiger partial charge in [0.2, 0.25) is 0 Å². The zero-order chi connectivity index (χ0) is 13.4. The van der Waals surface area contributed by atoms with Crippen molar-refractivity contribution < 1.29 is 9.53 Å². The summed E-state index contributed by atoms with van der Waals surface area (Å²) in [6.07, 6.45) is 3.98. The Morgan fingerprint density at radius 1 is 1.33 bits per heavy atom. The fourth-order valence-electron chi connectivity index (χ4n) is 2.76. The number of likely N-dealkylation sites (tertiary alicyclic amines) is 1. The highest BCUT2D eigenvalue weighted by atomic mass is 16.5. The van der Waals surface area contributed by atoms with E-state index in [1.54, 1.807) is 0 Å². The number of methoxy groups -OCH3 is 1. The van der Waals surface area contributed by atoms with Crippen molar-refractivity contribution in [2.75, 3.05) is 33.3 Å². The van der Waals surface area contributed by atoms with Crippen LogP contribution in [0.25, 0.3) is 0 Å². The van der Waals surface area contributed by atoms with Crippen LogP contribution in [-0.2, 0) is 9.53 Å². The molecule has 0 aliphatic carbocycles. The smallest absolute Gasteiger partial charge is 0.305 e. The van der Waals surface area contributed by atoms with E-state index in [0.29, 0.717) is 18.4 Å². The Morgan fingerprint density at radius 3 is 2.72 bits per heavy atom. The van der Waals surface area contributed by atoms with Gasteiger partial charge in [-0.3, -0.25) is 4.79 Å². The van der Waals surface area contributed by atoms with Crippen LogP contribution in [0.3, 0.4) is 0 Å². The average molecular weight is 256 g/mol. The SMILES string of the molecule is CCCNC1CC(CC(=O)OC)CN(CCC)C1. The average Bonchev–Trinajstić information content (AvgIpc) is 2.36. The molecule has 106 valence electrons. The lowest BCUT2D eigenvalue weighted by atomic mass is 9.91. The number of rotatable bonds is 7. The number of ether oxygens (including phenoxy) is 1. The number of hydrogen-bond acceptors (Lipinski definition) is 4. The zero-order valence-electron chi connectivity index (χ0n) is 12.1. The molecule has 0 radical (unpaired) electrons. The van der Waals surface area contributed by atoms with Crippen LogP contribution < -0.4 is 5.32 Å². The second-order valence-electron chi connectivity index (χ2n) is 5.29. The molecule has 0 amide bonds. The number of nitrogens with zero attached hydrogens (tertiary/aromatic N) is 1. The molecule has 2 unspecified atom stereocenters. The van der Waals surface area contributed by atoms with Gasteiger partial charge in [0.15, 0.2) is 0 Å². The summed E-state index contributed by atoms with van der Waals surface area (Å²) in [6.45, 7) is 8.74. The van der Waals surface area contributed by atoms with Gasteiger partial charge in [0.25, 0.3) is 0 Å². The Hall–Kier alpha value is -0.610. The molecule has 0 saturated carbocycles. The highest BCUT2D eigenvalue weighted by Crippen LogP contribution is 2.20. The molecule has 0 bridgehead atoms. The van der Waals surface area contributed by atoms with Gasteiger partial charge in [-0.05, 0) is 38.3 Å². The molecule has 1 rings (SSSR count). The van der Waals surface area contributed by atoms with Crippen molar-refractivity contribution in [3.05, 3.63) is 0 Å². The maximum atomic E-state index is 11.4. The summed E-state index contributed by atoms with van der Waals surface area (Å²) < 4.78 is 4.79. The number of nitrogens with one attached hydrogen (secondary N) is 1. The van der Waals surface area contributed by atoms with Crippen molar-refractivity contribution in [1.82, 2.24) is 10.2 Å². The molecule has 2 atom stereocenters. The first-order valence-corrected chi connectivity index (χ1v) is 7.22. The van der Waals surface area contributed by atoms with Crippen molar-refractivity contribution in [3.63, 3.8) is 0 Å². The van der Waals surface area contributed by atoms with Crippen molar-refractivity contribution in [3.8, 4) is 0 Å². The van der Waals surface area contributed by atoms with Crippen LogP contribution >= 0.6 is 0 Å². The van der Waals surface area contributed by atoms with Crippen molar-refractivity contribution in [1.29, 1.82) is 0 Å². The molecule has 0 aromatic carbocycles. The third-order valence-corrected chi connectivity index (χ3v) is 3.52. The number of piperidine rings is 1. The summed E-state index contributed by atoms with van der Waals surface area (Å²) in [7, 11) is 1.47. The number of esters is 1. The van der Waals surface area contributed by atoms with E-state index in [-0.39, 0.29) is 5.97 Å². The van der Waals surface area contributed by atoms with E-state index >= 15 is 0 Å². The molecule has 1 fully saturated rings. The molecule has 1 aliphatic rings. The topological polar surface area (TPSA) is 41.6 Å². The van der Waals surface area contributed by atoms with Crippen LogP contribution in [0.4, 0.5) is 0 Å². The van der Waals surface area contributed by atoms with Crippen LogP contribution in [0.1, 0.15) is 39.5 Å². The van der Waals surface area contributed by atoms with Crippen LogP contribution in [0.5, 0.6) is 0 Å². The Labute approximate surface area is 111 Å². The normalized spacial score (nSPS) is 25.1. The van der Waals surface area contributed by atoms with E-state index in [9.17, 15) is 4.79 Å². The summed E-state index contributed by atoms with van der Waals surface area (Å²) in [6, 6.07) is 0.528. The Morgan fingerprint density at radius 2 is 2.11 bits per heavy atom. The second-order valence-corrected chi connectivity index (χ2v) is 5.29. The molecule has 4 heteroatoms. The summed E-state index contributed by atoms with van der Waals surface area (Å²) in [4.78, 5) is 13.9. The number of hydrogen-bond donors (Lipinski definition) is 1. The molecule has 18 heavy (non-hydrogen) atoms. The summed E-state index contributed by atoms with van der Waals surface area (Å²) in [5, 5.41) is 3.59. The van der Waals surface area contributed by atoms with Gasteiger partial charge >= 0.3 is 5.97 Å². The van der Waals surface area contributed by atoms with E-state index in [4.69, 9.17) is 4.74 Å². The van der Waals surface area contributed by atoms with E-state index in [1.165, 1.54) is 13.5 Å². The van der Waals surface area contributed by atoms with Gasteiger partial charge in [-0.15, -0.1) is 0 Å². The van der Waals surface area contributed by atoms with Crippen LogP contribution in [0, 0.1) is 5.92 Å². The maximum Gasteiger partial charge on any atom is 0.305 e. The minimum absolute atomic E-state index is 0.0763. The molecule has 0 aromatic rings. The van der Waals surface area contributed by atoms with E-state index in [1.807, 2.05) is 0 Å². The predicted octanol–water partition coefficient (Wildman–Crippen LogP) is 1.65. The van der Waals surface area contributed by atoms with Gasteiger partial charge in [0, 0.05) is 25.6 Å². The van der Waals surface area contributed by atoms with Gasteiger partial charge in [0.1, 0.15) is 0 Å². The zero-order valence-corrected chi connectivity index (χ0v) is 12.1. The molecule has 1 N–H and O–H groups in total. The predicted molar refractivity (Wildman–Crippen MR) is 73.6 cm³/mol. The van der Waals surface area contributed by atoms with Crippen molar-refractivity contribution in [2.24, 2.45) is 5.92 Å². The molecule has 0 aromatic heterocycles. The van der Waals surface area contributed by atoms with E-state index < -0.39 is 0 Å². The quantitative estimate of drug-likeness (QED) is 0.703. The molecular weight excluding hydrogens is 228 g/mol. The van der Waals surface area contributed by atoms with Crippen molar-refractivity contribution >= 4 is 5.97 Å². The molecule has 4 nitrogen and oxygen atoms in total.